The molecule has 5 nitrogen and oxygen atoms in total. The van der Waals surface area contributed by atoms with Crippen molar-refractivity contribution in [3.05, 3.63) is 29.7 Å². The molecule has 1 aliphatic rings. The monoisotopic (exact) mass is 272 g/mol. The minimum atomic E-state index is -0.447. The van der Waals surface area contributed by atoms with Gasteiger partial charge >= 0.3 is 0 Å². The number of aromatic nitrogens is 3. The van der Waals surface area contributed by atoms with Crippen molar-refractivity contribution in [2.75, 3.05) is 0 Å². The van der Waals surface area contributed by atoms with E-state index >= 15 is 0 Å². The summed E-state index contributed by atoms with van der Waals surface area (Å²) in [5, 5.41) is 4.10. The average molecular weight is 272 g/mol. The highest BCUT2D eigenvalue weighted by atomic mass is 16.5. The summed E-state index contributed by atoms with van der Waals surface area (Å²) >= 11 is 0. The molecule has 0 radical (unpaired) electrons. The summed E-state index contributed by atoms with van der Waals surface area (Å²) in [6, 6.07) is 3.87. The van der Waals surface area contributed by atoms with Crippen LogP contribution in [-0.2, 0) is 5.54 Å². The summed E-state index contributed by atoms with van der Waals surface area (Å²) in [5.74, 6) is 1.81. The maximum atomic E-state index is 6.47. The van der Waals surface area contributed by atoms with Gasteiger partial charge in [-0.1, -0.05) is 18.1 Å². The Bertz CT molecular complexity index is 599. The molecule has 0 aliphatic heterocycles. The summed E-state index contributed by atoms with van der Waals surface area (Å²) in [6.45, 7) is 4.24. The fraction of sp³-hybridized carbons (Fsp3) is 0.533. The molecule has 2 aromatic heterocycles. The highest BCUT2D eigenvalue weighted by Crippen LogP contribution is 2.36. The van der Waals surface area contributed by atoms with E-state index < -0.39 is 5.54 Å². The first-order chi connectivity index (χ1) is 9.58. The molecule has 1 saturated carbocycles. The van der Waals surface area contributed by atoms with Gasteiger partial charge in [-0.15, -0.1) is 0 Å². The Morgan fingerprint density at radius 2 is 2.10 bits per heavy atom. The predicted molar refractivity (Wildman–Crippen MR) is 75.8 cm³/mol. The topological polar surface area (TPSA) is 77.8 Å². The number of hydrogen-bond donors (Lipinski definition) is 1. The molecule has 0 aromatic carbocycles. The maximum Gasteiger partial charge on any atom is 0.276 e. The summed E-state index contributed by atoms with van der Waals surface area (Å²) < 4.78 is 5.37. The Morgan fingerprint density at radius 1 is 1.35 bits per heavy atom. The first-order valence-corrected chi connectivity index (χ1v) is 7.13. The van der Waals surface area contributed by atoms with E-state index in [0.717, 1.165) is 42.9 Å². The van der Waals surface area contributed by atoms with Crippen LogP contribution < -0.4 is 5.73 Å². The zero-order valence-electron chi connectivity index (χ0n) is 12.0. The molecule has 0 unspecified atom stereocenters. The molecule has 3 rings (SSSR count). The molecular weight excluding hydrogens is 252 g/mol. The van der Waals surface area contributed by atoms with E-state index in [9.17, 15) is 0 Å². The minimum absolute atomic E-state index is 0.447. The van der Waals surface area contributed by atoms with Crippen molar-refractivity contribution in [1.82, 2.24) is 15.1 Å². The molecule has 2 N–H and O–H groups in total. The van der Waals surface area contributed by atoms with Crippen LogP contribution in [0.1, 0.15) is 44.0 Å². The van der Waals surface area contributed by atoms with E-state index in [-0.39, 0.29) is 0 Å². The number of hydrogen-bond acceptors (Lipinski definition) is 5. The van der Waals surface area contributed by atoms with Gasteiger partial charge in [0.1, 0.15) is 5.69 Å². The number of aryl methyl sites for hydroxylation is 1. The van der Waals surface area contributed by atoms with Crippen molar-refractivity contribution in [1.29, 1.82) is 0 Å². The molecule has 106 valence electrons. The molecule has 0 bridgehead atoms. The lowest BCUT2D eigenvalue weighted by Gasteiger charge is -2.33. The van der Waals surface area contributed by atoms with Gasteiger partial charge in [0.05, 0.1) is 5.54 Å². The zero-order valence-corrected chi connectivity index (χ0v) is 12.0. The van der Waals surface area contributed by atoms with Crippen LogP contribution in [0.2, 0.25) is 0 Å². The third-order valence-corrected chi connectivity index (χ3v) is 4.25. The summed E-state index contributed by atoms with van der Waals surface area (Å²) in [7, 11) is 0. The molecule has 5 heteroatoms. The third-order valence-electron chi connectivity index (χ3n) is 4.25. The number of nitrogens with two attached hydrogens (primary N) is 1. The van der Waals surface area contributed by atoms with Gasteiger partial charge < -0.3 is 10.3 Å². The van der Waals surface area contributed by atoms with E-state index in [1.807, 2.05) is 19.1 Å². The molecular formula is C15H20N4O. The van der Waals surface area contributed by atoms with E-state index in [1.54, 1.807) is 6.20 Å². The second-order valence-electron chi connectivity index (χ2n) is 5.93. The van der Waals surface area contributed by atoms with Gasteiger partial charge in [0.15, 0.2) is 5.82 Å². The van der Waals surface area contributed by atoms with Gasteiger partial charge in [-0.25, -0.2) is 0 Å². The molecule has 0 atom stereocenters. The van der Waals surface area contributed by atoms with E-state index in [1.165, 1.54) is 0 Å². The van der Waals surface area contributed by atoms with Crippen LogP contribution in [-0.4, -0.2) is 15.1 Å². The van der Waals surface area contributed by atoms with Crippen LogP contribution in [0.5, 0.6) is 0 Å². The standard InChI is InChI=1S/C15H20N4O/c1-10-5-7-15(16,8-6-10)14-18-13(20-19-14)12-11(2)4-3-9-17-12/h3-4,9-10H,5-8,16H2,1-2H3. The Balaban J connectivity index is 1.89. The van der Waals surface area contributed by atoms with E-state index in [4.69, 9.17) is 10.3 Å². The Labute approximate surface area is 118 Å². The number of pyridine rings is 1. The smallest absolute Gasteiger partial charge is 0.276 e. The molecule has 2 aromatic rings. The van der Waals surface area contributed by atoms with Crippen LogP contribution in [0.15, 0.2) is 22.9 Å². The summed E-state index contributed by atoms with van der Waals surface area (Å²) in [6.07, 6.45) is 5.78. The van der Waals surface area contributed by atoms with Crippen molar-refractivity contribution in [2.24, 2.45) is 11.7 Å². The van der Waals surface area contributed by atoms with E-state index in [0.29, 0.717) is 11.7 Å². The first kappa shape index (κ1) is 13.2. The van der Waals surface area contributed by atoms with E-state index in [2.05, 4.69) is 22.0 Å². The second-order valence-corrected chi connectivity index (χ2v) is 5.93. The first-order valence-electron chi connectivity index (χ1n) is 7.13. The van der Waals surface area contributed by atoms with Crippen molar-refractivity contribution in [3.63, 3.8) is 0 Å². The molecule has 0 saturated heterocycles. The Morgan fingerprint density at radius 3 is 2.80 bits per heavy atom. The van der Waals surface area contributed by atoms with Gasteiger partial charge in [0.25, 0.3) is 5.89 Å². The largest absolute Gasteiger partial charge is 0.332 e. The van der Waals surface area contributed by atoms with Crippen molar-refractivity contribution < 1.29 is 4.52 Å². The van der Waals surface area contributed by atoms with Gasteiger partial charge in [0.2, 0.25) is 0 Å². The Hall–Kier alpha value is -1.75. The van der Waals surface area contributed by atoms with Crippen molar-refractivity contribution in [2.45, 2.75) is 45.1 Å². The summed E-state index contributed by atoms with van der Waals surface area (Å²) in [4.78, 5) is 8.80. The van der Waals surface area contributed by atoms with Gasteiger partial charge in [-0.05, 0) is 50.2 Å². The third kappa shape index (κ3) is 2.33. The molecule has 20 heavy (non-hydrogen) atoms. The lowest BCUT2D eigenvalue weighted by atomic mass is 9.77. The number of nitrogens with zero attached hydrogens (tertiary/aromatic N) is 3. The molecule has 0 spiro atoms. The highest BCUT2D eigenvalue weighted by Gasteiger charge is 2.36. The molecule has 1 aliphatic carbocycles. The van der Waals surface area contributed by atoms with Gasteiger partial charge in [-0.3, -0.25) is 4.98 Å². The lowest BCUT2D eigenvalue weighted by molar-refractivity contribution is 0.230. The fourth-order valence-corrected chi connectivity index (χ4v) is 2.73. The molecule has 0 amide bonds. The molecule has 2 heterocycles. The van der Waals surface area contributed by atoms with Gasteiger partial charge in [-0.2, -0.15) is 4.98 Å². The minimum Gasteiger partial charge on any atom is -0.332 e. The van der Waals surface area contributed by atoms with Crippen LogP contribution in [0, 0.1) is 12.8 Å². The Kier molecular flexibility index (Phi) is 3.30. The average Bonchev–Trinajstić information content (AvgIpc) is 2.93. The van der Waals surface area contributed by atoms with Crippen molar-refractivity contribution in [3.8, 4) is 11.6 Å². The fourth-order valence-electron chi connectivity index (χ4n) is 2.73. The SMILES string of the molecule is Cc1cccnc1-c1nc(C2(N)CCC(C)CC2)no1. The normalized spacial score (nSPS) is 26.6. The quantitative estimate of drug-likeness (QED) is 0.909. The predicted octanol–water partition coefficient (Wildman–Crippen LogP) is 2.80. The zero-order chi connectivity index (χ0) is 14.2. The highest BCUT2D eigenvalue weighted by molar-refractivity contribution is 5.51. The van der Waals surface area contributed by atoms with Crippen LogP contribution in [0.25, 0.3) is 11.6 Å². The van der Waals surface area contributed by atoms with Crippen molar-refractivity contribution >= 4 is 0 Å². The van der Waals surface area contributed by atoms with Crippen LogP contribution in [0.3, 0.4) is 0 Å². The second kappa shape index (κ2) is 4.98. The molecule has 1 fully saturated rings. The van der Waals surface area contributed by atoms with Gasteiger partial charge in [0, 0.05) is 6.20 Å². The van der Waals surface area contributed by atoms with Crippen LogP contribution >= 0.6 is 0 Å². The van der Waals surface area contributed by atoms with Crippen LogP contribution in [0.4, 0.5) is 0 Å². The lowest BCUT2D eigenvalue weighted by Crippen LogP contribution is -2.41. The summed E-state index contributed by atoms with van der Waals surface area (Å²) in [5.41, 5.74) is 7.77. The number of rotatable bonds is 2. The maximum absolute atomic E-state index is 6.47.